The van der Waals surface area contributed by atoms with Gasteiger partial charge in [-0.05, 0) is 19.3 Å². The zero-order chi connectivity index (χ0) is 13.6. The first-order valence-corrected chi connectivity index (χ1v) is 6.34. The summed E-state index contributed by atoms with van der Waals surface area (Å²) in [6.07, 6.45) is 1.14. The Labute approximate surface area is 105 Å². The summed E-state index contributed by atoms with van der Waals surface area (Å²) in [6.45, 7) is 0. The normalized spacial score (nSPS) is 23.6. The number of halogens is 3. The van der Waals surface area contributed by atoms with Gasteiger partial charge in [-0.2, -0.15) is 13.2 Å². The summed E-state index contributed by atoms with van der Waals surface area (Å²) in [6, 6.07) is 0. The maximum absolute atomic E-state index is 12.5. The van der Waals surface area contributed by atoms with E-state index in [1.807, 2.05) is 0 Å². The van der Waals surface area contributed by atoms with Crippen molar-refractivity contribution in [2.24, 2.45) is 0 Å². The Morgan fingerprint density at radius 2 is 1.50 bits per heavy atom. The number of allylic oxidation sites excluding steroid dienone is 2. The van der Waals surface area contributed by atoms with Crippen molar-refractivity contribution in [3.05, 3.63) is 11.3 Å². The third-order valence-electron chi connectivity index (χ3n) is 3.20. The quantitative estimate of drug-likeness (QED) is 0.748. The molecule has 18 heavy (non-hydrogen) atoms. The van der Waals surface area contributed by atoms with Crippen molar-refractivity contribution in [2.75, 3.05) is 7.11 Å². The van der Waals surface area contributed by atoms with E-state index in [0.29, 0.717) is 12.8 Å². The summed E-state index contributed by atoms with van der Waals surface area (Å²) < 4.78 is 42.6. The van der Waals surface area contributed by atoms with Crippen LogP contribution in [0.25, 0.3) is 0 Å². The molecule has 0 bridgehead atoms. The minimum atomic E-state index is -4.80. The monoisotopic (exact) mass is 264 g/mol. The highest BCUT2D eigenvalue weighted by Gasteiger charge is 2.41. The number of carbonyl (C=O) groups is 1. The predicted molar refractivity (Wildman–Crippen MR) is 62.0 cm³/mol. The van der Waals surface area contributed by atoms with Gasteiger partial charge in [0, 0.05) is 12.0 Å². The van der Waals surface area contributed by atoms with Crippen LogP contribution in [-0.4, -0.2) is 19.1 Å². The van der Waals surface area contributed by atoms with Crippen LogP contribution < -0.4 is 0 Å². The van der Waals surface area contributed by atoms with E-state index in [1.54, 1.807) is 0 Å². The second kappa shape index (κ2) is 6.81. The lowest BCUT2D eigenvalue weighted by Crippen LogP contribution is -2.26. The molecule has 104 valence electrons. The Hall–Kier alpha value is -1.00. The summed E-state index contributed by atoms with van der Waals surface area (Å²) in [5, 5.41) is 0. The van der Waals surface area contributed by atoms with E-state index in [0.717, 1.165) is 32.1 Å². The van der Waals surface area contributed by atoms with E-state index in [2.05, 4.69) is 0 Å². The summed E-state index contributed by atoms with van der Waals surface area (Å²) in [4.78, 5) is 11.4. The number of ether oxygens (including phenoxy) is 1. The molecule has 0 spiro atoms. The van der Waals surface area contributed by atoms with Crippen LogP contribution in [0, 0.1) is 0 Å². The molecule has 1 aliphatic carbocycles. The van der Waals surface area contributed by atoms with Crippen molar-refractivity contribution in [1.82, 2.24) is 0 Å². The molecule has 0 fully saturated rings. The van der Waals surface area contributed by atoms with E-state index in [1.165, 1.54) is 7.11 Å². The number of methoxy groups -OCH3 is 1. The molecule has 5 heteroatoms. The Morgan fingerprint density at radius 1 is 1.00 bits per heavy atom. The number of carbonyl (C=O) groups excluding carboxylic acids is 1. The van der Waals surface area contributed by atoms with Crippen LogP contribution in [0.2, 0.25) is 0 Å². The molecule has 0 N–H and O–H groups in total. The molecule has 0 aliphatic heterocycles. The lowest BCUT2D eigenvalue weighted by molar-refractivity contribution is -0.167. The van der Waals surface area contributed by atoms with Gasteiger partial charge in [-0.15, -0.1) is 0 Å². The maximum atomic E-state index is 12.5. The average Bonchev–Trinajstić information content (AvgIpc) is 2.33. The molecule has 1 aliphatic rings. The molecular formula is C13H19F3O2. The van der Waals surface area contributed by atoms with Gasteiger partial charge in [0.25, 0.3) is 5.78 Å². The fraction of sp³-hybridized carbons (Fsp3) is 0.769. The highest BCUT2D eigenvalue weighted by atomic mass is 19.4. The molecular weight excluding hydrogens is 245 g/mol. The van der Waals surface area contributed by atoms with Gasteiger partial charge < -0.3 is 4.74 Å². The van der Waals surface area contributed by atoms with E-state index < -0.39 is 12.0 Å². The summed E-state index contributed by atoms with van der Waals surface area (Å²) in [5.74, 6) is -1.51. The molecule has 0 saturated carbocycles. The van der Waals surface area contributed by atoms with E-state index >= 15 is 0 Å². The number of alkyl halides is 3. The maximum Gasteiger partial charge on any atom is 0.454 e. The van der Waals surface area contributed by atoms with Gasteiger partial charge in [0.05, 0.1) is 7.11 Å². The number of hydrogen-bond donors (Lipinski definition) is 0. The van der Waals surface area contributed by atoms with Gasteiger partial charge in [-0.1, -0.05) is 25.7 Å². The van der Waals surface area contributed by atoms with Crippen LogP contribution >= 0.6 is 0 Å². The van der Waals surface area contributed by atoms with E-state index in [9.17, 15) is 18.0 Å². The van der Waals surface area contributed by atoms with E-state index in [-0.39, 0.29) is 17.8 Å². The molecule has 0 unspecified atom stereocenters. The number of rotatable bonds is 2. The van der Waals surface area contributed by atoms with Crippen LogP contribution in [0.3, 0.4) is 0 Å². The van der Waals surface area contributed by atoms with Gasteiger partial charge in [0.1, 0.15) is 5.76 Å². The second-order valence-electron chi connectivity index (χ2n) is 4.55. The van der Waals surface area contributed by atoms with Gasteiger partial charge in [-0.3, -0.25) is 4.79 Å². The molecule has 0 saturated heterocycles. The Bertz CT molecular complexity index is 319. The predicted octanol–water partition coefficient (Wildman–Crippen LogP) is 4.15. The third-order valence-corrected chi connectivity index (χ3v) is 3.20. The molecule has 0 radical (unpaired) electrons. The average molecular weight is 264 g/mol. The highest BCUT2D eigenvalue weighted by molar-refractivity contribution is 5.99. The smallest absolute Gasteiger partial charge is 0.454 e. The van der Waals surface area contributed by atoms with Crippen LogP contribution in [0.1, 0.15) is 51.4 Å². The standard InChI is InChI=1S/C13H19F3O2/c1-18-11-9-7-5-3-2-4-6-8-10(11)12(17)13(14,15)16/h2-9H2,1H3/b11-10-. The molecule has 0 aromatic rings. The van der Waals surface area contributed by atoms with Gasteiger partial charge in [0.2, 0.25) is 0 Å². The third kappa shape index (κ3) is 4.35. The second-order valence-corrected chi connectivity index (χ2v) is 4.55. The number of hydrogen-bond acceptors (Lipinski definition) is 2. The Kier molecular flexibility index (Phi) is 5.69. The minimum Gasteiger partial charge on any atom is -0.501 e. The molecule has 0 atom stereocenters. The van der Waals surface area contributed by atoms with Crippen LogP contribution in [0.4, 0.5) is 13.2 Å². The zero-order valence-corrected chi connectivity index (χ0v) is 10.6. The molecule has 0 amide bonds. The fourth-order valence-electron chi connectivity index (χ4n) is 2.22. The van der Waals surface area contributed by atoms with Crippen molar-refractivity contribution in [3.8, 4) is 0 Å². The molecule has 0 aromatic carbocycles. The highest BCUT2D eigenvalue weighted by Crippen LogP contribution is 2.29. The lowest BCUT2D eigenvalue weighted by Gasteiger charge is -2.16. The van der Waals surface area contributed by atoms with E-state index in [4.69, 9.17) is 4.74 Å². The first-order valence-electron chi connectivity index (χ1n) is 6.34. The summed E-state index contributed by atoms with van der Waals surface area (Å²) in [7, 11) is 1.34. The van der Waals surface area contributed by atoms with Crippen molar-refractivity contribution in [1.29, 1.82) is 0 Å². The largest absolute Gasteiger partial charge is 0.501 e. The number of Topliss-reactive ketones (excluding diaryl/α,β-unsaturated/α-hetero) is 1. The first-order chi connectivity index (χ1) is 8.46. The molecule has 0 heterocycles. The molecule has 2 nitrogen and oxygen atoms in total. The molecule has 1 rings (SSSR count). The Morgan fingerprint density at radius 3 is 2.00 bits per heavy atom. The van der Waals surface area contributed by atoms with Crippen LogP contribution in [0.15, 0.2) is 11.3 Å². The van der Waals surface area contributed by atoms with Crippen molar-refractivity contribution >= 4 is 5.78 Å². The minimum absolute atomic E-state index is 0.168. The Balaban J connectivity index is 2.94. The zero-order valence-electron chi connectivity index (χ0n) is 10.6. The SMILES string of the molecule is CO/C1=C(\C(=O)C(F)(F)F)CCCCCCCC1. The lowest BCUT2D eigenvalue weighted by atomic mass is 9.96. The van der Waals surface area contributed by atoms with Crippen molar-refractivity contribution in [3.63, 3.8) is 0 Å². The van der Waals surface area contributed by atoms with Crippen molar-refractivity contribution in [2.45, 2.75) is 57.5 Å². The first kappa shape index (κ1) is 15.1. The summed E-state index contributed by atoms with van der Waals surface area (Å²) in [5.41, 5.74) is -0.174. The van der Waals surface area contributed by atoms with Crippen LogP contribution in [-0.2, 0) is 9.53 Å². The van der Waals surface area contributed by atoms with Crippen LogP contribution in [0.5, 0.6) is 0 Å². The topological polar surface area (TPSA) is 26.3 Å². The number of ketones is 1. The molecule has 0 aromatic heterocycles. The van der Waals surface area contributed by atoms with Gasteiger partial charge >= 0.3 is 6.18 Å². The van der Waals surface area contributed by atoms with Gasteiger partial charge in [-0.25, -0.2) is 0 Å². The summed E-state index contributed by atoms with van der Waals surface area (Å²) >= 11 is 0. The van der Waals surface area contributed by atoms with Crippen molar-refractivity contribution < 1.29 is 22.7 Å². The fourth-order valence-corrected chi connectivity index (χ4v) is 2.22. The van der Waals surface area contributed by atoms with Gasteiger partial charge in [0.15, 0.2) is 0 Å².